The van der Waals surface area contributed by atoms with Crippen molar-refractivity contribution >= 4 is 0 Å². The van der Waals surface area contributed by atoms with Crippen LogP contribution in [0.5, 0.6) is 5.75 Å². The molecule has 1 unspecified atom stereocenters. The van der Waals surface area contributed by atoms with Crippen LogP contribution in [-0.4, -0.2) is 31.6 Å². The average Bonchev–Trinajstić information content (AvgIpc) is 2.90. The van der Waals surface area contributed by atoms with Crippen molar-refractivity contribution in [1.82, 2.24) is 4.90 Å². The van der Waals surface area contributed by atoms with E-state index in [2.05, 4.69) is 30.0 Å². The maximum absolute atomic E-state index is 5.75. The summed E-state index contributed by atoms with van der Waals surface area (Å²) in [6, 6.07) is 6.46. The van der Waals surface area contributed by atoms with E-state index in [1.807, 2.05) is 0 Å². The molecule has 0 radical (unpaired) electrons. The lowest BCUT2D eigenvalue weighted by Crippen LogP contribution is -2.19. The summed E-state index contributed by atoms with van der Waals surface area (Å²) in [7, 11) is 1.74. The summed E-state index contributed by atoms with van der Waals surface area (Å²) >= 11 is 0. The van der Waals surface area contributed by atoms with Gasteiger partial charge in [-0.15, -0.1) is 0 Å². The Morgan fingerprint density at radius 1 is 1.33 bits per heavy atom. The molecule has 0 saturated carbocycles. The molecule has 0 amide bonds. The summed E-state index contributed by atoms with van der Waals surface area (Å²) in [6.45, 7) is 6.27. The van der Waals surface area contributed by atoms with Crippen LogP contribution in [0.1, 0.15) is 36.8 Å². The summed E-state index contributed by atoms with van der Waals surface area (Å²) in [5.74, 6) is 1.41. The Labute approximate surface area is 110 Å². The normalized spacial score (nSPS) is 17.9. The van der Waals surface area contributed by atoms with Gasteiger partial charge in [0.05, 0.1) is 7.11 Å². The molecule has 3 heteroatoms. The van der Waals surface area contributed by atoms with E-state index in [1.54, 1.807) is 7.11 Å². The van der Waals surface area contributed by atoms with Gasteiger partial charge < -0.3 is 10.5 Å². The standard InChI is InChI=1S/C15H24N2O/c1-12(10-16)13-5-6-15(18-2)14(9-13)11-17-7-3-4-8-17/h5-6,9,12H,3-4,7-8,10-11,16H2,1-2H3. The maximum atomic E-state index is 5.75. The first-order chi connectivity index (χ1) is 8.74. The van der Waals surface area contributed by atoms with Gasteiger partial charge >= 0.3 is 0 Å². The van der Waals surface area contributed by atoms with Gasteiger partial charge in [-0.3, -0.25) is 4.90 Å². The number of methoxy groups -OCH3 is 1. The maximum Gasteiger partial charge on any atom is 0.123 e. The molecule has 1 atom stereocenters. The number of ether oxygens (including phenoxy) is 1. The third kappa shape index (κ3) is 3.03. The zero-order valence-electron chi connectivity index (χ0n) is 11.5. The van der Waals surface area contributed by atoms with E-state index < -0.39 is 0 Å². The first-order valence-corrected chi connectivity index (χ1v) is 6.84. The molecule has 2 N–H and O–H groups in total. The van der Waals surface area contributed by atoms with E-state index in [-0.39, 0.29) is 0 Å². The van der Waals surface area contributed by atoms with Gasteiger partial charge in [0.1, 0.15) is 5.75 Å². The number of benzene rings is 1. The summed E-state index contributed by atoms with van der Waals surface area (Å²) < 4.78 is 5.47. The van der Waals surface area contributed by atoms with Gasteiger partial charge in [0.15, 0.2) is 0 Å². The Morgan fingerprint density at radius 2 is 2.06 bits per heavy atom. The second-order valence-electron chi connectivity index (χ2n) is 5.19. The van der Waals surface area contributed by atoms with Gasteiger partial charge in [-0.05, 0) is 50.0 Å². The van der Waals surface area contributed by atoms with Crippen LogP contribution in [0.25, 0.3) is 0 Å². The first kappa shape index (κ1) is 13.4. The van der Waals surface area contributed by atoms with E-state index in [0.29, 0.717) is 12.5 Å². The quantitative estimate of drug-likeness (QED) is 0.869. The lowest BCUT2D eigenvalue weighted by atomic mass is 9.98. The van der Waals surface area contributed by atoms with E-state index in [0.717, 1.165) is 12.3 Å². The molecule has 1 saturated heterocycles. The molecule has 1 aliphatic rings. The molecule has 0 aliphatic carbocycles. The molecular formula is C15H24N2O. The summed E-state index contributed by atoms with van der Waals surface area (Å²) in [4.78, 5) is 2.49. The Morgan fingerprint density at radius 3 is 2.67 bits per heavy atom. The SMILES string of the molecule is COc1ccc(C(C)CN)cc1CN1CCCC1. The van der Waals surface area contributed by atoms with Crippen LogP contribution >= 0.6 is 0 Å². The van der Waals surface area contributed by atoms with Gasteiger partial charge in [0.2, 0.25) is 0 Å². The molecule has 1 fully saturated rings. The van der Waals surface area contributed by atoms with Gasteiger partial charge in [-0.2, -0.15) is 0 Å². The fourth-order valence-electron chi connectivity index (χ4n) is 2.55. The number of likely N-dealkylation sites (tertiary alicyclic amines) is 1. The molecule has 0 spiro atoms. The molecule has 0 bridgehead atoms. The van der Waals surface area contributed by atoms with Crippen LogP contribution < -0.4 is 10.5 Å². The predicted octanol–water partition coefficient (Wildman–Crippen LogP) is 2.35. The molecule has 1 aromatic carbocycles. The van der Waals surface area contributed by atoms with Crippen molar-refractivity contribution in [3.63, 3.8) is 0 Å². The highest BCUT2D eigenvalue weighted by Gasteiger charge is 2.15. The van der Waals surface area contributed by atoms with E-state index in [4.69, 9.17) is 10.5 Å². The Balaban J connectivity index is 2.18. The summed E-state index contributed by atoms with van der Waals surface area (Å²) in [5.41, 5.74) is 8.35. The van der Waals surface area contributed by atoms with E-state index in [1.165, 1.54) is 37.1 Å². The van der Waals surface area contributed by atoms with E-state index in [9.17, 15) is 0 Å². The molecule has 3 nitrogen and oxygen atoms in total. The zero-order valence-corrected chi connectivity index (χ0v) is 11.5. The molecule has 1 heterocycles. The second-order valence-corrected chi connectivity index (χ2v) is 5.19. The number of nitrogens with two attached hydrogens (primary N) is 1. The number of nitrogens with zero attached hydrogens (tertiary/aromatic N) is 1. The first-order valence-electron chi connectivity index (χ1n) is 6.84. The van der Waals surface area contributed by atoms with E-state index >= 15 is 0 Å². The Hall–Kier alpha value is -1.06. The fourth-order valence-corrected chi connectivity index (χ4v) is 2.55. The Bertz CT molecular complexity index is 386. The predicted molar refractivity (Wildman–Crippen MR) is 75.0 cm³/mol. The molecule has 0 aromatic heterocycles. The van der Waals surface area contributed by atoms with Crippen molar-refractivity contribution in [2.75, 3.05) is 26.7 Å². The monoisotopic (exact) mass is 248 g/mol. The van der Waals surface area contributed by atoms with Crippen LogP contribution in [0.4, 0.5) is 0 Å². The van der Waals surface area contributed by atoms with Crippen molar-refractivity contribution in [2.24, 2.45) is 5.73 Å². The lowest BCUT2D eigenvalue weighted by molar-refractivity contribution is 0.320. The van der Waals surface area contributed by atoms with Crippen molar-refractivity contribution < 1.29 is 4.74 Å². The van der Waals surface area contributed by atoms with Crippen molar-refractivity contribution in [2.45, 2.75) is 32.2 Å². The largest absolute Gasteiger partial charge is 0.496 e. The van der Waals surface area contributed by atoms with Crippen LogP contribution in [-0.2, 0) is 6.54 Å². The topological polar surface area (TPSA) is 38.5 Å². The minimum absolute atomic E-state index is 0.410. The van der Waals surface area contributed by atoms with Gasteiger partial charge in [0.25, 0.3) is 0 Å². The Kier molecular flexibility index (Phi) is 4.61. The highest BCUT2D eigenvalue weighted by Crippen LogP contribution is 2.26. The average molecular weight is 248 g/mol. The van der Waals surface area contributed by atoms with Crippen molar-refractivity contribution in [3.8, 4) is 5.75 Å². The van der Waals surface area contributed by atoms with Crippen LogP contribution in [0.15, 0.2) is 18.2 Å². The zero-order chi connectivity index (χ0) is 13.0. The van der Waals surface area contributed by atoms with Crippen molar-refractivity contribution in [3.05, 3.63) is 29.3 Å². The second kappa shape index (κ2) is 6.21. The minimum Gasteiger partial charge on any atom is -0.496 e. The molecular weight excluding hydrogens is 224 g/mol. The molecule has 1 aromatic rings. The minimum atomic E-state index is 0.410. The third-order valence-corrected chi connectivity index (χ3v) is 3.82. The lowest BCUT2D eigenvalue weighted by Gasteiger charge is -2.19. The van der Waals surface area contributed by atoms with Crippen LogP contribution in [0.2, 0.25) is 0 Å². The number of rotatable bonds is 5. The fraction of sp³-hybridized carbons (Fsp3) is 0.600. The number of hydrogen-bond donors (Lipinski definition) is 1. The number of hydrogen-bond acceptors (Lipinski definition) is 3. The summed E-state index contributed by atoms with van der Waals surface area (Å²) in [6.07, 6.45) is 2.64. The third-order valence-electron chi connectivity index (χ3n) is 3.82. The molecule has 1 aliphatic heterocycles. The molecule has 100 valence electrons. The highest BCUT2D eigenvalue weighted by molar-refractivity contribution is 5.38. The van der Waals surface area contributed by atoms with Crippen LogP contribution in [0.3, 0.4) is 0 Å². The van der Waals surface area contributed by atoms with Gasteiger partial charge in [-0.25, -0.2) is 0 Å². The van der Waals surface area contributed by atoms with Crippen LogP contribution in [0, 0.1) is 0 Å². The van der Waals surface area contributed by atoms with Crippen molar-refractivity contribution in [1.29, 1.82) is 0 Å². The highest BCUT2D eigenvalue weighted by atomic mass is 16.5. The summed E-state index contributed by atoms with van der Waals surface area (Å²) in [5, 5.41) is 0. The molecule has 18 heavy (non-hydrogen) atoms. The van der Waals surface area contributed by atoms with Gasteiger partial charge in [0, 0.05) is 12.1 Å². The van der Waals surface area contributed by atoms with Gasteiger partial charge in [-0.1, -0.05) is 19.1 Å². The molecule has 2 rings (SSSR count). The smallest absolute Gasteiger partial charge is 0.123 e.